The zero-order valence-corrected chi connectivity index (χ0v) is 6.90. The molecule has 0 radical (unpaired) electrons. The largest absolute Gasteiger partial charge is 0.337 e. The lowest BCUT2D eigenvalue weighted by molar-refractivity contribution is -0.124. The predicted molar refractivity (Wildman–Crippen MR) is 43.7 cm³/mol. The molecular formula is C7H12N4O. The van der Waals surface area contributed by atoms with Gasteiger partial charge in [0.1, 0.15) is 0 Å². The fourth-order valence-corrected chi connectivity index (χ4v) is 0.936. The Kier molecular flexibility index (Phi) is 2.82. The van der Waals surface area contributed by atoms with Crippen molar-refractivity contribution in [3.8, 4) is 0 Å². The summed E-state index contributed by atoms with van der Waals surface area (Å²) in [6.07, 6.45) is 5.15. The van der Waals surface area contributed by atoms with Crippen LogP contribution in [-0.2, 0) is 11.3 Å². The van der Waals surface area contributed by atoms with Gasteiger partial charge >= 0.3 is 0 Å². The SMILES string of the molecule is CC(Cn1ccnc1)C(=O)NN. The van der Waals surface area contributed by atoms with E-state index in [0.29, 0.717) is 6.54 Å². The number of carbonyl (C=O) groups excluding carboxylic acids is 1. The topological polar surface area (TPSA) is 72.9 Å². The van der Waals surface area contributed by atoms with Gasteiger partial charge in [-0.3, -0.25) is 10.2 Å². The fraction of sp³-hybridized carbons (Fsp3) is 0.429. The Balaban J connectivity index is 2.47. The third kappa shape index (κ3) is 2.06. The van der Waals surface area contributed by atoms with E-state index in [-0.39, 0.29) is 11.8 Å². The van der Waals surface area contributed by atoms with Gasteiger partial charge in [-0.1, -0.05) is 6.92 Å². The Morgan fingerprint density at radius 1 is 1.83 bits per heavy atom. The van der Waals surface area contributed by atoms with E-state index in [2.05, 4.69) is 10.4 Å². The molecule has 0 aliphatic heterocycles. The van der Waals surface area contributed by atoms with Crippen LogP contribution in [0.25, 0.3) is 0 Å². The van der Waals surface area contributed by atoms with Crippen LogP contribution < -0.4 is 11.3 Å². The molecule has 0 aliphatic rings. The van der Waals surface area contributed by atoms with Gasteiger partial charge in [0, 0.05) is 18.9 Å². The van der Waals surface area contributed by atoms with Gasteiger partial charge in [-0.15, -0.1) is 0 Å². The number of hydrazine groups is 1. The summed E-state index contributed by atoms with van der Waals surface area (Å²) in [7, 11) is 0. The Morgan fingerprint density at radius 3 is 3.08 bits per heavy atom. The van der Waals surface area contributed by atoms with Crippen LogP contribution in [0.4, 0.5) is 0 Å². The van der Waals surface area contributed by atoms with Crippen molar-refractivity contribution in [3.05, 3.63) is 18.7 Å². The molecule has 0 aliphatic carbocycles. The predicted octanol–water partition coefficient (Wildman–Crippen LogP) is -0.491. The van der Waals surface area contributed by atoms with Crippen LogP contribution >= 0.6 is 0 Å². The van der Waals surface area contributed by atoms with Gasteiger partial charge < -0.3 is 4.57 Å². The highest BCUT2D eigenvalue weighted by molar-refractivity contribution is 5.77. The Labute approximate surface area is 70.6 Å². The van der Waals surface area contributed by atoms with Gasteiger partial charge in [0.15, 0.2) is 0 Å². The molecule has 0 fully saturated rings. The first kappa shape index (κ1) is 8.73. The van der Waals surface area contributed by atoms with Crippen LogP contribution in [0.15, 0.2) is 18.7 Å². The van der Waals surface area contributed by atoms with Crippen molar-refractivity contribution in [2.75, 3.05) is 0 Å². The van der Waals surface area contributed by atoms with Crippen molar-refractivity contribution in [1.29, 1.82) is 0 Å². The molecule has 0 saturated heterocycles. The van der Waals surface area contributed by atoms with Gasteiger partial charge in [0.25, 0.3) is 0 Å². The molecule has 3 N–H and O–H groups in total. The second-order valence-corrected chi connectivity index (χ2v) is 2.67. The zero-order valence-electron chi connectivity index (χ0n) is 6.90. The summed E-state index contributed by atoms with van der Waals surface area (Å²) < 4.78 is 1.83. The number of aromatic nitrogens is 2. The van der Waals surface area contributed by atoms with E-state index >= 15 is 0 Å². The van der Waals surface area contributed by atoms with Crippen LogP contribution in [0.1, 0.15) is 6.92 Å². The quantitative estimate of drug-likeness (QED) is 0.363. The van der Waals surface area contributed by atoms with Crippen molar-refractivity contribution < 1.29 is 4.79 Å². The van der Waals surface area contributed by atoms with Gasteiger partial charge in [-0.05, 0) is 0 Å². The number of amides is 1. The number of imidazole rings is 1. The average molecular weight is 168 g/mol. The number of nitrogens with two attached hydrogens (primary N) is 1. The zero-order chi connectivity index (χ0) is 8.97. The highest BCUT2D eigenvalue weighted by Gasteiger charge is 2.10. The van der Waals surface area contributed by atoms with Crippen LogP contribution in [0, 0.1) is 5.92 Å². The molecule has 0 aromatic carbocycles. The molecule has 5 nitrogen and oxygen atoms in total. The normalized spacial score (nSPS) is 12.5. The molecule has 12 heavy (non-hydrogen) atoms. The Hall–Kier alpha value is -1.36. The first-order chi connectivity index (χ1) is 5.74. The van der Waals surface area contributed by atoms with Crippen molar-refractivity contribution in [3.63, 3.8) is 0 Å². The van der Waals surface area contributed by atoms with Crippen LogP contribution in [0.2, 0.25) is 0 Å². The summed E-state index contributed by atoms with van der Waals surface area (Å²) in [5, 5.41) is 0. The molecular weight excluding hydrogens is 156 g/mol. The summed E-state index contributed by atoms with van der Waals surface area (Å²) in [4.78, 5) is 14.8. The summed E-state index contributed by atoms with van der Waals surface area (Å²) >= 11 is 0. The van der Waals surface area contributed by atoms with E-state index < -0.39 is 0 Å². The van der Waals surface area contributed by atoms with E-state index in [1.165, 1.54) is 0 Å². The molecule has 66 valence electrons. The van der Waals surface area contributed by atoms with Gasteiger partial charge in [-0.2, -0.15) is 0 Å². The molecule has 1 rings (SSSR count). The lowest BCUT2D eigenvalue weighted by atomic mass is 10.2. The van der Waals surface area contributed by atoms with Crippen LogP contribution in [0.3, 0.4) is 0 Å². The van der Waals surface area contributed by atoms with E-state index in [1.54, 1.807) is 18.7 Å². The van der Waals surface area contributed by atoms with Gasteiger partial charge in [0.2, 0.25) is 5.91 Å². The fourth-order valence-electron chi connectivity index (χ4n) is 0.936. The summed E-state index contributed by atoms with van der Waals surface area (Å²) in [6.45, 7) is 2.41. The van der Waals surface area contributed by atoms with E-state index in [1.807, 2.05) is 11.5 Å². The lowest BCUT2D eigenvalue weighted by Crippen LogP contribution is -2.36. The maximum Gasteiger partial charge on any atom is 0.238 e. The molecule has 1 unspecified atom stereocenters. The van der Waals surface area contributed by atoms with Crippen LogP contribution in [-0.4, -0.2) is 15.5 Å². The molecule has 5 heteroatoms. The maximum atomic E-state index is 11.0. The second kappa shape index (κ2) is 3.87. The number of rotatable bonds is 3. The summed E-state index contributed by atoms with van der Waals surface area (Å²) in [6, 6.07) is 0. The minimum atomic E-state index is -0.163. The molecule has 0 saturated carbocycles. The first-order valence-corrected chi connectivity index (χ1v) is 3.70. The molecule has 0 bridgehead atoms. The molecule has 1 heterocycles. The van der Waals surface area contributed by atoms with Crippen molar-refractivity contribution in [2.45, 2.75) is 13.5 Å². The molecule has 1 aromatic heterocycles. The standard InChI is InChI=1S/C7H12N4O/c1-6(7(12)10-8)4-11-3-2-9-5-11/h2-3,5-6H,4,8H2,1H3,(H,10,12). The number of nitrogens with zero attached hydrogens (tertiary/aromatic N) is 2. The monoisotopic (exact) mass is 168 g/mol. The lowest BCUT2D eigenvalue weighted by Gasteiger charge is -2.09. The molecule has 0 spiro atoms. The average Bonchev–Trinajstić information content (AvgIpc) is 2.55. The third-order valence-electron chi connectivity index (χ3n) is 1.63. The van der Waals surface area contributed by atoms with E-state index in [0.717, 1.165) is 0 Å². The molecule has 1 amide bonds. The molecule has 1 atom stereocenters. The number of carbonyl (C=O) groups is 1. The van der Waals surface area contributed by atoms with Crippen molar-refractivity contribution in [1.82, 2.24) is 15.0 Å². The van der Waals surface area contributed by atoms with Crippen molar-refractivity contribution >= 4 is 5.91 Å². The first-order valence-electron chi connectivity index (χ1n) is 3.70. The van der Waals surface area contributed by atoms with Gasteiger partial charge in [-0.25, -0.2) is 10.8 Å². The Bertz CT molecular complexity index is 244. The number of hydrogen-bond acceptors (Lipinski definition) is 3. The second-order valence-electron chi connectivity index (χ2n) is 2.67. The smallest absolute Gasteiger partial charge is 0.238 e. The van der Waals surface area contributed by atoms with Crippen LogP contribution in [0.5, 0.6) is 0 Å². The van der Waals surface area contributed by atoms with Gasteiger partial charge in [0.05, 0.1) is 12.2 Å². The van der Waals surface area contributed by atoms with Crippen molar-refractivity contribution in [2.24, 2.45) is 11.8 Å². The molecule has 1 aromatic rings. The maximum absolute atomic E-state index is 11.0. The highest BCUT2D eigenvalue weighted by Crippen LogP contribution is 1.99. The van der Waals surface area contributed by atoms with E-state index in [9.17, 15) is 4.79 Å². The third-order valence-corrected chi connectivity index (χ3v) is 1.63. The Morgan fingerprint density at radius 2 is 2.58 bits per heavy atom. The minimum absolute atomic E-state index is 0.135. The number of hydrogen-bond donors (Lipinski definition) is 2. The highest BCUT2D eigenvalue weighted by atomic mass is 16.2. The summed E-state index contributed by atoms with van der Waals surface area (Å²) in [5.74, 6) is 4.68. The number of nitrogens with one attached hydrogen (secondary N) is 1. The minimum Gasteiger partial charge on any atom is -0.337 e. The van der Waals surface area contributed by atoms with E-state index in [4.69, 9.17) is 5.84 Å². The summed E-state index contributed by atoms with van der Waals surface area (Å²) in [5.41, 5.74) is 2.10.